The Kier molecular flexibility index (Phi) is 4.14. The average molecular weight is 237 g/mol. The van der Waals surface area contributed by atoms with E-state index in [-0.39, 0.29) is 6.10 Å². The van der Waals surface area contributed by atoms with Crippen LogP contribution in [0.5, 0.6) is 11.8 Å². The normalized spacial score (nSPS) is 19.6. The van der Waals surface area contributed by atoms with Crippen molar-refractivity contribution >= 4 is 0 Å². The van der Waals surface area contributed by atoms with Crippen LogP contribution in [0.2, 0.25) is 0 Å². The third-order valence-electron chi connectivity index (χ3n) is 2.60. The number of rotatable bonds is 5. The van der Waals surface area contributed by atoms with Gasteiger partial charge in [-0.3, -0.25) is 0 Å². The van der Waals surface area contributed by atoms with Crippen LogP contribution < -0.4 is 14.8 Å². The molecule has 0 radical (unpaired) electrons. The van der Waals surface area contributed by atoms with E-state index in [9.17, 15) is 0 Å². The topological polar surface area (TPSA) is 56.3 Å². The first-order valence-electron chi connectivity index (χ1n) is 6.06. The van der Waals surface area contributed by atoms with Gasteiger partial charge in [0.25, 0.3) is 0 Å². The molecule has 2 rings (SSSR count). The lowest BCUT2D eigenvalue weighted by molar-refractivity contribution is 0.223. The maximum Gasteiger partial charge on any atom is 0.220 e. The Morgan fingerprint density at radius 3 is 2.94 bits per heavy atom. The molecule has 2 heterocycles. The standard InChI is InChI=1S/C12H19N3O2/c1-9(2)17-12-5-11(14-8-15-12)16-7-10-3-4-13-6-10/h5,8-10,13H,3-4,6-7H2,1-2H3. The first kappa shape index (κ1) is 12.1. The zero-order valence-electron chi connectivity index (χ0n) is 10.3. The molecule has 1 aliphatic rings. The summed E-state index contributed by atoms with van der Waals surface area (Å²) in [5.74, 6) is 1.73. The fraction of sp³-hybridized carbons (Fsp3) is 0.667. The average Bonchev–Trinajstić information content (AvgIpc) is 2.79. The Morgan fingerprint density at radius 1 is 1.41 bits per heavy atom. The van der Waals surface area contributed by atoms with Crippen LogP contribution in [0.25, 0.3) is 0 Å². The minimum atomic E-state index is 0.108. The molecule has 5 heteroatoms. The van der Waals surface area contributed by atoms with E-state index in [1.165, 1.54) is 12.7 Å². The molecule has 0 saturated carbocycles. The molecule has 1 fully saturated rings. The van der Waals surface area contributed by atoms with E-state index in [0.29, 0.717) is 24.3 Å². The molecule has 94 valence electrons. The zero-order valence-corrected chi connectivity index (χ0v) is 10.3. The Bertz CT molecular complexity index is 351. The highest BCUT2D eigenvalue weighted by Crippen LogP contribution is 2.16. The summed E-state index contributed by atoms with van der Waals surface area (Å²) in [5.41, 5.74) is 0. The number of aromatic nitrogens is 2. The maximum atomic E-state index is 5.64. The van der Waals surface area contributed by atoms with Crippen molar-refractivity contribution in [1.82, 2.24) is 15.3 Å². The van der Waals surface area contributed by atoms with Gasteiger partial charge < -0.3 is 14.8 Å². The molecule has 1 unspecified atom stereocenters. The summed E-state index contributed by atoms with van der Waals surface area (Å²) in [5, 5.41) is 3.31. The number of hydrogen-bond donors (Lipinski definition) is 1. The molecule has 17 heavy (non-hydrogen) atoms. The fourth-order valence-electron chi connectivity index (χ4n) is 1.77. The summed E-state index contributed by atoms with van der Waals surface area (Å²) in [4.78, 5) is 8.11. The predicted molar refractivity (Wildman–Crippen MR) is 64.3 cm³/mol. The summed E-state index contributed by atoms with van der Waals surface area (Å²) in [6.45, 7) is 6.74. The summed E-state index contributed by atoms with van der Waals surface area (Å²) in [7, 11) is 0. The van der Waals surface area contributed by atoms with Crippen molar-refractivity contribution in [3.63, 3.8) is 0 Å². The van der Waals surface area contributed by atoms with Crippen LogP contribution in [0.4, 0.5) is 0 Å². The third-order valence-corrected chi connectivity index (χ3v) is 2.60. The van der Waals surface area contributed by atoms with Crippen molar-refractivity contribution in [2.75, 3.05) is 19.7 Å². The van der Waals surface area contributed by atoms with E-state index in [1.807, 2.05) is 13.8 Å². The van der Waals surface area contributed by atoms with Gasteiger partial charge in [0, 0.05) is 12.5 Å². The highest BCUT2D eigenvalue weighted by molar-refractivity contribution is 5.18. The summed E-state index contributed by atoms with van der Waals surface area (Å²) in [6, 6.07) is 1.74. The molecule has 1 saturated heterocycles. The summed E-state index contributed by atoms with van der Waals surface area (Å²) in [6.07, 6.45) is 2.75. The highest BCUT2D eigenvalue weighted by atomic mass is 16.5. The van der Waals surface area contributed by atoms with Crippen molar-refractivity contribution in [3.8, 4) is 11.8 Å². The van der Waals surface area contributed by atoms with Crippen molar-refractivity contribution in [3.05, 3.63) is 12.4 Å². The first-order chi connectivity index (χ1) is 8.24. The monoisotopic (exact) mass is 237 g/mol. The molecular weight excluding hydrogens is 218 g/mol. The Labute approximate surface area is 102 Å². The van der Waals surface area contributed by atoms with Gasteiger partial charge >= 0.3 is 0 Å². The second-order valence-corrected chi connectivity index (χ2v) is 4.53. The van der Waals surface area contributed by atoms with E-state index in [2.05, 4.69) is 15.3 Å². The van der Waals surface area contributed by atoms with Crippen LogP contribution in [0.3, 0.4) is 0 Å². The quantitative estimate of drug-likeness (QED) is 0.835. The molecule has 1 aliphatic heterocycles. The largest absolute Gasteiger partial charge is 0.477 e. The Hall–Kier alpha value is -1.36. The lowest BCUT2D eigenvalue weighted by atomic mass is 10.1. The van der Waals surface area contributed by atoms with Crippen LogP contribution in [-0.2, 0) is 0 Å². The molecule has 0 amide bonds. The highest BCUT2D eigenvalue weighted by Gasteiger charge is 2.15. The van der Waals surface area contributed by atoms with Crippen molar-refractivity contribution < 1.29 is 9.47 Å². The van der Waals surface area contributed by atoms with Gasteiger partial charge in [0.1, 0.15) is 6.33 Å². The van der Waals surface area contributed by atoms with Crippen LogP contribution in [-0.4, -0.2) is 35.8 Å². The van der Waals surface area contributed by atoms with Crippen molar-refractivity contribution in [1.29, 1.82) is 0 Å². The molecule has 1 N–H and O–H groups in total. The third kappa shape index (κ3) is 3.85. The maximum absolute atomic E-state index is 5.64. The molecule has 1 aromatic rings. The number of nitrogens with one attached hydrogen (secondary N) is 1. The van der Waals surface area contributed by atoms with Crippen molar-refractivity contribution in [2.45, 2.75) is 26.4 Å². The zero-order chi connectivity index (χ0) is 12.1. The Morgan fingerprint density at radius 2 is 2.24 bits per heavy atom. The van der Waals surface area contributed by atoms with E-state index in [4.69, 9.17) is 9.47 Å². The van der Waals surface area contributed by atoms with E-state index < -0.39 is 0 Å². The first-order valence-corrected chi connectivity index (χ1v) is 6.06. The van der Waals surface area contributed by atoms with Gasteiger partial charge in [0.15, 0.2) is 0 Å². The SMILES string of the molecule is CC(C)Oc1cc(OCC2CCNC2)ncn1. The van der Waals surface area contributed by atoms with Crippen LogP contribution in [0.15, 0.2) is 12.4 Å². The number of hydrogen-bond acceptors (Lipinski definition) is 5. The van der Waals surface area contributed by atoms with Gasteiger partial charge in [0.2, 0.25) is 11.8 Å². The summed E-state index contributed by atoms with van der Waals surface area (Å²) < 4.78 is 11.1. The molecule has 1 aromatic heterocycles. The smallest absolute Gasteiger partial charge is 0.220 e. The van der Waals surface area contributed by atoms with Crippen LogP contribution in [0.1, 0.15) is 20.3 Å². The lowest BCUT2D eigenvalue weighted by Crippen LogP contribution is -2.16. The number of ether oxygens (including phenoxy) is 2. The van der Waals surface area contributed by atoms with Gasteiger partial charge in [-0.15, -0.1) is 0 Å². The van der Waals surface area contributed by atoms with Gasteiger partial charge in [0.05, 0.1) is 18.8 Å². The molecule has 5 nitrogen and oxygen atoms in total. The molecule has 0 aromatic carbocycles. The van der Waals surface area contributed by atoms with Crippen LogP contribution >= 0.6 is 0 Å². The van der Waals surface area contributed by atoms with Gasteiger partial charge in [-0.2, -0.15) is 0 Å². The van der Waals surface area contributed by atoms with Gasteiger partial charge in [-0.25, -0.2) is 9.97 Å². The molecule has 0 bridgehead atoms. The van der Waals surface area contributed by atoms with E-state index >= 15 is 0 Å². The fourth-order valence-corrected chi connectivity index (χ4v) is 1.77. The van der Waals surface area contributed by atoms with E-state index in [1.54, 1.807) is 6.07 Å². The minimum Gasteiger partial charge on any atom is -0.477 e. The molecule has 1 atom stereocenters. The second-order valence-electron chi connectivity index (χ2n) is 4.53. The van der Waals surface area contributed by atoms with Gasteiger partial charge in [-0.1, -0.05) is 0 Å². The minimum absolute atomic E-state index is 0.108. The summed E-state index contributed by atoms with van der Waals surface area (Å²) >= 11 is 0. The van der Waals surface area contributed by atoms with E-state index in [0.717, 1.165) is 13.1 Å². The van der Waals surface area contributed by atoms with Crippen LogP contribution in [0, 0.1) is 5.92 Å². The lowest BCUT2D eigenvalue weighted by Gasteiger charge is -2.11. The molecule has 0 spiro atoms. The van der Waals surface area contributed by atoms with Crippen molar-refractivity contribution in [2.24, 2.45) is 5.92 Å². The second kappa shape index (κ2) is 5.82. The number of nitrogens with zero attached hydrogens (tertiary/aromatic N) is 2. The molecule has 0 aliphatic carbocycles. The molecular formula is C12H19N3O2. The predicted octanol–water partition coefficient (Wildman–Crippen LogP) is 1.25. The Balaban J connectivity index is 1.86. The van der Waals surface area contributed by atoms with Gasteiger partial charge in [-0.05, 0) is 26.8 Å².